The van der Waals surface area contributed by atoms with Crippen LogP contribution in [0.1, 0.15) is 46.2 Å². The molecule has 0 saturated heterocycles. The number of Topliss-reactive ketones (excluding diaryl/α,β-unsaturated/α-hetero) is 1. The van der Waals surface area contributed by atoms with Gasteiger partial charge in [-0.1, -0.05) is 0 Å². The molecule has 0 aliphatic carbocycles. The van der Waals surface area contributed by atoms with Crippen molar-refractivity contribution in [2.75, 3.05) is 5.88 Å². The molecule has 0 spiro atoms. The lowest BCUT2D eigenvalue weighted by molar-refractivity contribution is 0.102. The molecule has 4 heteroatoms. The summed E-state index contributed by atoms with van der Waals surface area (Å²) in [7, 11) is 0. The maximum absolute atomic E-state index is 11.8. The molecule has 3 nitrogen and oxygen atoms in total. The molecule has 0 bridgehead atoms. The van der Waals surface area contributed by atoms with Crippen LogP contribution in [0.4, 0.5) is 0 Å². The van der Waals surface area contributed by atoms with E-state index in [4.69, 9.17) is 16.0 Å². The van der Waals surface area contributed by atoms with Crippen LogP contribution in [0.3, 0.4) is 0 Å². The molecule has 0 N–H and O–H groups in total. The van der Waals surface area contributed by atoms with Gasteiger partial charge in [0.05, 0.1) is 11.9 Å². The summed E-state index contributed by atoms with van der Waals surface area (Å²) in [5.74, 6) is 1.76. The van der Waals surface area contributed by atoms with Crippen LogP contribution in [0.5, 0.6) is 0 Å². The standard InChI is InChI=1S/C15H18ClNO2/c1-9-7-13(14(18)8-16)11(3)17(9)12(4)15-6-5-10(2)19-15/h5-7,12H,8H2,1-4H3. The van der Waals surface area contributed by atoms with Gasteiger partial charge in [0, 0.05) is 17.0 Å². The topological polar surface area (TPSA) is 35.1 Å². The number of rotatable bonds is 4. The van der Waals surface area contributed by atoms with E-state index in [1.165, 1.54) is 0 Å². The van der Waals surface area contributed by atoms with Crippen molar-refractivity contribution in [2.24, 2.45) is 0 Å². The van der Waals surface area contributed by atoms with Crippen LogP contribution in [-0.2, 0) is 0 Å². The Morgan fingerprint density at radius 3 is 2.58 bits per heavy atom. The maximum atomic E-state index is 11.8. The van der Waals surface area contributed by atoms with Crippen LogP contribution in [0.15, 0.2) is 22.6 Å². The second-order valence-corrected chi connectivity index (χ2v) is 5.10. The molecule has 0 amide bonds. The first kappa shape index (κ1) is 13.9. The third kappa shape index (κ3) is 2.47. The van der Waals surface area contributed by atoms with E-state index in [2.05, 4.69) is 11.5 Å². The number of aromatic nitrogens is 1. The normalized spacial score (nSPS) is 12.7. The van der Waals surface area contributed by atoms with Gasteiger partial charge in [0.15, 0.2) is 5.78 Å². The molecule has 19 heavy (non-hydrogen) atoms. The van der Waals surface area contributed by atoms with Crippen molar-refractivity contribution < 1.29 is 9.21 Å². The van der Waals surface area contributed by atoms with E-state index in [9.17, 15) is 4.79 Å². The minimum absolute atomic E-state index is 0.0124. The van der Waals surface area contributed by atoms with Gasteiger partial charge in [-0.25, -0.2) is 0 Å². The average molecular weight is 280 g/mol. The predicted octanol–water partition coefficient (Wildman–Crippen LogP) is 4.04. The third-order valence-corrected chi connectivity index (χ3v) is 3.71. The Kier molecular flexibility index (Phi) is 3.85. The molecule has 0 fully saturated rings. The van der Waals surface area contributed by atoms with Crippen molar-refractivity contribution in [1.82, 2.24) is 4.57 Å². The van der Waals surface area contributed by atoms with Crippen molar-refractivity contribution in [3.63, 3.8) is 0 Å². The average Bonchev–Trinajstić information content (AvgIpc) is 2.92. The highest BCUT2D eigenvalue weighted by molar-refractivity contribution is 6.30. The molecule has 0 aliphatic heterocycles. The van der Waals surface area contributed by atoms with Gasteiger partial charge in [-0.3, -0.25) is 4.79 Å². The summed E-state index contributed by atoms with van der Waals surface area (Å²) in [4.78, 5) is 11.8. The Morgan fingerprint density at radius 1 is 1.37 bits per heavy atom. The number of nitrogens with zero attached hydrogens (tertiary/aromatic N) is 1. The smallest absolute Gasteiger partial charge is 0.179 e. The molecule has 0 radical (unpaired) electrons. The minimum atomic E-state index is -0.0381. The van der Waals surface area contributed by atoms with Crippen LogP contribution in [-0.4, -0.2) is 16.2 Å². The highest BCUT2D eigenvalue weighted by atomic mass is 35.5. The molecular formula is C15H18ClNO2. The van der Waals surface area contributed by atoms with Crippen molar-refractivity contribution in [3.8, 4) is 0 Å². The van der Waals surface area contributed by atoms with E-state index in [-0.39, 0.29) is 17.7 Å². The fourth-order valence-corrected chi connectivity index (χ4v) is 2.68. The summed E-state index contributed by atoms with van der Waals surface area (Å²) in [6, 6.07) is 5.88. The van der Waals surface area contributed by atoms with E-state index >= 15 is 0 Å². The van der Waals surface area contributed by atoms with Gasteiger partial charge in [0.1, 0.15) is 11.5 Å². The summed E-state index contributed by atoms with van der Waals surface area (Å²) < 4.78 is 7.78. The Balaban J connectivity index is 2.45. The molecule has 2 aromatic heterocycles. The lowest BCUT2D eigenvalue weighted by atomic mass is 10.2. The Bertz CT molecular complexity index is 610. The number of aryl methyl sites for hydroxylation is 2. The Morgan fingerprint density at radius 2 is 2.05 bits per heavy atom. The van der Waals surface area contributed by atoms with Crippen molar-refractivity contribution in [3.05, 3.63) is 46.7 Å². The molecule has 2 aromatic rings. The number of ketones is 1. The Labute approximate surface area is 118 Å². The van der Waals surface area contributed by atoms with Crippen LogP contribution in [0, 0.1) is 20.8 Å². The summed E-state index contributed by atoms with van der Waals surface area (Å²) >= 11 is 5.64. The quantitative estimate of drug-likeness (QED) is 0.625. The van der Waals surface area contributed by atoms with Gasteiger partial charge in [-0.2, -0.15) is 0 Å². The van der Waals surface area contributed by atoms with Gasteiger partial charge < -0.3 is 8.98 Å². The van der Waals surface area contributed by atoms with Crippen molar-refractivity contribution in [1.29, 1.82) is 0 Å². The van der Waals surface area contributed by atoms with E-state index < -0.39 is 0 Å². The second kappa shape index (κ2) is 5.25. The fraction of sp³-hybridized carbons (Fsp3) is 0.400. The number of halogens is 1. The second-order valence-electron chi connectivity index (χ2n) is 4.84. The first-order valence-corrected chi connectivity index (χ1v) is 6.83. The predicted molar refractivity (Wildman–Crippen MR) is 76.2 cm³/mol. The fourth-order valence-electron chi connectivity index (χ4n) is 2.53. The van der Waals surface area contributed by atoms with E-state index in [0.717, 1.165) is 22.9 Å². The molecule has 2 rings (SSSR count). The summed E-state index contributed by atoms with van der Waals surface area (Å²) in [5.41, 5.74) is 2.67. The van der Waals surface area contributed by atoms with E-state index in [0.29, 0.717) is 5.56 Å². The molecule has 2 heterocycles. The van der Waals surface area contributed by atoms with Gasteiger partial charge in [-0.15, -0.1) is 11.6 Å². The van der Waals surface area contributed by atoms with Gasteiger partial charge in [-0.05, 0) is 45.9 Å². The molecule has 0 saturated carbocycles. The third-order valence-electron chi connectivity index (χ3n) is 3.47. The first-order chi connectivity index (χ1) is 8.95. The summed E-state index contributed by atoms with van der Waals surface area (Å²) in [6.45, 7) is 7.92. The number of carbonyl (C=O) groups is 1. The maximum Gasteiger partial charge on any atom is 0.179 e. The summed E-state index contributed by atoms with van der Waals surface area (Å²) in [5, 5.41) is 0. The van der Waals surface area contributed by atoms with Crippen LogP contribution < -0.4 is 0 Å². The number of carbonyl (C=O) groups excluding carboxylic acids is 1. The SMILES string of the molecule is Cc1ccc(C(C)n2c(C)cc(C(=O)CCl)c2C)o1. The van der Waals surface area contributed by atoms with Crippen LogP contribution >= 0.6 is 11.6 Å². The molecule has 0 aliphatic rings. The first-order valence-electron chi connectivity index (χ1n) is 6.29. The molecule has 0 aromatic carbocycles. The molecule has 102 valence electrons. The van der Waals surface area contributed by atoms with Gasteiger partial charge in [0.25, 0.3) is 0 Å². The molecular weight excluding hydrogens is 262 g/mol. The lowest BCUT2D eigenvalue weighted by Gasteiger charge is -2.16. The largest absolute Gasteiger partial charge is 0.464 e. The van der Waals surface area contributed by atoms with E-state index in [1.807, 2.05) is 39.0 Å². The summed E-state index contributed by atoms with van der Waals surface area (Å²) in [6.07, 6.45) is 0. The molecule has 1 atom stereocenters. The molecule has 1 unspecified atom stereocenters. The zero-order chi connectivity index (χ0) is 14.2. The number of hydrogen-bond donors (Lipinski definition) is 0. The van der Waals surface area contributed by atoms with Crippen molar-refractivity contribution in [2.45, 2.75) is 33.7 Å². The van der Waals surface area contributed by atoms with Gasteiger partial charge in [0.2, 0.25) is 0 Å². The van der Waals surface area contributed by atoms with Gasteiger partial charge >= 0.3 is 0 Å². The number of hydrogen-bond acceptors (Lipinski definition) is 2. The van der Waals surface area contributed by atoms with E-state index in [1.54, 1.807) is 0 Å². The minimum Gasteiger partial charge on any atom is -0.464 e. The van der Waals surface area contributed by atoms with Crippen LogP contribution in [0.2, 0.25) is 0 Å². The van der Waals surface area contributed by atoms with Crippen molar-refractivity contribution >= 4 is 17.4 Å². The zero-order valence-corrected chi connectivity index (χ0v) is 12.4. The van der Waals surface area contributed by atoms with Crippen LogP contribution in [0.25, 0.3) is 0 Å². The number of alkyl halides is 1. The lowest BCUT2D eigenvalue weighted by Crippen LogP contribution is -2.11. The number of furan rings is 1. The monoisotopic (exact) mass is 279 g/mol. The Hall–Kier alpha value is -1.48. The highest BCUT2D eigenvalue weighted by Gasteiger charge is 2.20. The zero-order valence-electron chi connectivity index (χ0n) is 11.7. The highest BCUT2D eigenvalue weighted by Crippen LogP contribution is 2.27.